The summed E-state index contributed by atoms with van der Waals surface area (Å²) in [5, 5.41) is 3.27. The number of rotatable bonds is 6. The molecule has 0 saturated heterocycles. The summed E-state index contributed by atoms with van der Waals surface area (Å²) in [6.07, 6.45) is 3.34. The lowest BCUT2D eigenvalue weighted by Crippen LogP contribution is -2.18. The zero-order valence-corrected chi connectivity index (χ0v) is 7.10. The minimum absolute atomic E-state index is 0.350. The molecule has 0 aromatic carbocycles. The third-order valence-electron chi connectivity index (χ3n) is 1.52. The smallest absolute Gasteiger partial charge is 0.301 e. The average molecular weight is 179 g/mol. The Morgan fingerprint density at radius 1 is 1.64 bits per heavy atom. The molecule has 0 spiro atoms. The molecular weight excluding hydrogens is 166 g/mol. The summed E-state index contributed by atoms with van der Waals surface area (Å²) in [7, 11) is 0. The van der Waals surface area contributed by atoms with Crippen molar-refractivity contribution in [1.29, 1.82) is 0 Å². The molecule has 0 heterocycles. The summed E-state index contributed by atoms with van der Waals surface area (Å²) >= 11 is -2.09. The molecule has 1 atom stereocenters. The maximum Gasteiger partial charge on any atom is 0.301 e. The highest BCUT2D eigenvalue weighted by Crippen LogP contribution is 2.18. The van der Waals surface area contributed by atoms with Crippen molar-refractivity contribution in [2.24, 2.45) is 0 Å². The van der Waals surface area contributed by atoms with Crippen LogP contribution in [0.2, 0.25) is 0 Å². The van der Waals surface area contributed by atoms with Crippen LogP contribution in [-0.4, -0.2) is 28.0 Å². The second-order valence-electron chi connectivity index (χ2n) is 2.62. The molecule has 1 rings (SSSR count). The number of hydrogen-bond donors (Lipinski definition) is 2. The molecule has 2 N–H and O–H groups in total. The first kappa shape index (κ1) is 9.12. The SMILES string of the molecule is O=S(O)OCCCNC1CC1. The Morgan fingerprint density at radius 3 is 2.91 bits per heavy atom. The van der Waals surface area contributed by atoms with Crippen molar-refractivity contribution in [3.8, 4) is 0 Å². The van der Waals surface area contributed by atoms with E-state index in [1.54, 1.807) is 0 Å². The quantitative estimate of drug-likeness (QED) is 0.454. The van der Waals surface area contributed by atoms with Gasteiger partial charge in [-0.25, -0.2) is 0 Å². The molecule has 4 nitrogen and oxygen atoms in total. The van der Waals surface area contributed by atoms with E-state index in [0.717, 1.165) is 13.0 Å². The van der Waals surface area contributed by atoms with Gasteiger partial charge in [0.2, 0.25) is 0 Å². The Bertz CT molecular complexity index is 138. The monoisotopic (exact) mass is 179 g/mol. The molecule has 1 fully saturated rings. The van der Waals surface area contributed by atoms with E-state index in [1.807, 2.05) is 0 Å². The lowest BCUT2D eigenvalue weighted by Gasteiger charge is -2.00. The van der Waals surface area contributed by atoms with Crippen LogP contribution >= 0.6 is 0 Å². The van der Waals surface area contributed by atoms with Gasteiger partial charge in [0.25, 0.3) is 0 Å². The van der Waals surface area contributed by atoms with Crippen molar-refractivity contribution in [2.45, 2.75) is 25.3 Å². The fourth-order valence-electron chi connectivity index (χ4n) is 0.796. The molecule has 1 unspecified atom stereocenters. The molecule has 5 heteroatoms. The zero-order valence-electron chi connectivity index (χ0n) is 6.28. The van der Waals surface area contributed by atoms with Crippen LogP contribution in [0.3, 0.4) is 0 Å². The van der Waals surface area contributed by atoms with Gasteiger partial charge in [0.15, 0.2) is 0 Å². The van der Waals surface area contributed by atoms with E-state index in [-0.39, 0.29) is 0 Å². The Morgan fingerprint density at radius 2 is 2.36 bits per heavy atom. The normalized spacial score (nSPS) is 20.1. The predicted molar refractivity (Wildman–Crippen MR) is 42.4 cm³/mol. The molecule has 0 aromatic rings. The summed E-state index contributed by atoms with van der Waals surface area (Å²) in [6.45, 7) is 1.23. The maximum absolute atomic E-state index is 9.98. The van der Waals surface area contributed by atoms with Crippen LogP contribution in [0.15, 0.2) is 0 Å². The molecule has 1 aliphatic rings. The Hall–Kier alpha value is 0.0300. The highest BCUT2D eigenvalue weighted by atomic mass is 32.2. The van der Waals surface area contributed by atoms with Gasteiger partial charge in [-0.2, -0.15) is 4.21 Å². The van der Waals surface area contributed by atoms with Gasteiger partial charge in [-0.15, -0.1) is 0 Å². The first-order valence-electron chi connectivity index (χ1n) is 3.76. The molecule has 0 bridgehead atoms. The van der Waals surface area contributed by atoms with Gasteiger partial charge in [-0.05, 0) is 25.8 Å². The minimum Gasteiger partial charge on any atom is -0.314 e. The molecule has 11 heavy (non-hydrogen) atoms. The third-order valence-corrected chi connectivity index (χ3v) is 1.88. The van der Waals surface area contributed by atoms with Crippen LogP contribution in [0.25, 0.3) is 0 Å². The second-order valence-corrected chi connectivity index (χ2v) is 3.29. The van der Waals surface area contributed by atoms with Gasteiger partial charge in [-0.1, -0.05) is 0 Å². The second kappa shape index (κ2) is 4.82. The molecule has 1 saturated carbocycles. The van der Waals surface area contributed by atoms with Crippen LogP contribution in [0.4, 0.5) is 0 Å². The van der Waals surface area contributed by atoms with E-state index in [9.17, 15) is 4.21 Å². The first-order chi connectivity index (χ1) is 5.29. The molecule has 66 valence electrons. The summed E-state index contributed by atoms with van der Waals surface area (Å²) in [5.41, 5.74) is 0. The first-order valence-corrected chi connectivity index (χ1v) is 4.80. The van der Waals surface area contributed by atoms with Crippen LogP contribution in [0.1, 0.15) is 19.3 Å². The van der Waals surface area contributed by atoms with Crippen molar-refractivity contribution >= 4 is 11.4 Å². The maximum atomic E-state index is 9.98. The van der Waals surface area contributed by atoms with Crippen molar-refractivity contribution in [1.82, 2.24) is 5.32 Å². The van der Waals surface area contributed by atoms with Crippen molar-refractivity contribution in [3.05, 3.63) is 0 Å². The summed E-state index contributed by atoms with van der Waals surface area (Å²) in [5.74, 6) is 0. The topological polar surface area (TPSA) is 58.6 Å². The van der Waals surface area contributed by atoms with E-state index >= 15 is 0 Å². The molecule has 0 aromatic heterocycles. The number of hydrogen-bond acceptors (Lipinski definition) is 3. The Labute approximate surface area is 68.8 Å². The minimum atomic E-state index is -2.09. The van der Waals surface area contributed by atoms with Crippen LogP contribution < -0.4 is 5.32 Å². The van der Waals surface area contributed by atoms with E-state index in [2.05, 4.69) is 9.50 Å². The fourth-order valence-corrected chi connectivity index (χ4v) is 1.06. The fraction of sp³-hybridized carbons (Fsp3) is 1.00. The van der Waals surface area contributed by atoms with Gasteiger partial charge < -0.3 is 5.32 Å². The summed E-state index contributed by atoms with van der Waals surface area (Å²) in [6, 6.07) is 0.703. The molecular formula is C6H13NO3S. The van der Waals surface area contributed by atoms with Crippen LogP contribution in [0, 0.1) is 0 Å². The Kier molecular flexibility index (Phi) is 3.99. The lowest BCUT2D eigenvalue weighted by atomic mass is 10.4. The van der Waals surface area contributed by atoms with E-state index < -0.39 is 11.4 Å². The molecule has 0 radical (unpaired) electrons. The van der Waals surface area contributed by atoms with E-state index in [0.29, 0.717) is 12.6 Å². The highest BCUT2D eigenvalue weighted by molar-refractivity contribution is 7.74. The predicted octanol–water partition coefficient (Wildman–Crippen LogP) is 0.282. The van der Waals surface area contributed by atoms with Gasteiger partial charge in [-0.3, -0.25) is 8.74 Å². The van der Waals surface area contributed by atoms with Gasteiger partial charge in [0, 0.05) is 6.04 Å². The lowest BCUT2D eigenvalue weighted by molar-refractivity contribution is 0.299. The standard InChI is InChI=1S/C6H13NO3S/c8-11(9)10-5-1-4-7-6-2-3-6/h6-7H,1-5H2,(H,8,9). The molecule has 1 aliphatic carbocycles. The largest absolute Gasteiger partial charge is 0.314 e. The average Bonchev–Trinajstić information content (AvgIpc) is 2.70. The Balaban J connectivity index is 1.76. The third kappa shape index (κ3) is 5.32. The summed E-state index contributed by atoms with van der Waals surface area (Å²) in [4.78, 5) is 0. The van der Waals surface area contributed by atoms with E-state index in [1.165, 1.54) is 12.8 Å². The van der Waals surface area contributed by atoms with Gasteiger partial charge in [0.05, 0.1) is 6.61 Å². The van der Waals surface area contributed by atoms with Crippen molar-refractivity contribution < 1.29 is 12.9 Å². The van der Waals surface area contributed by atoms with Gasteiger partial charge in [0.1, 0.15) is 0 Å². The van der Waals surface area contributed by atoms with Crippen LogP contribution in [0.5, 0.6) is 0 Å². The molecule has 0 amide bonds. The summed E-state index contributed by atoms with van der Waals surface area (Å²) < 4.78 is 22.6. The van der Waals surface area contributed by atoms with Crippen molar-refractivity contribution in [2.75, 3.05) is 13.2 Å². The van der Waals surface area contributed by atoms with Gasteiger partial charge >= 0.3 is 11.4 Å². The number of nitrogens with one attached hydrogen (secondary N) is 1. The van der Waals surface area contributed by atoms with E-state index in [4.69, 9.17) is 4.55 Å². The van der Waals surface area contributed by atoms with Crippen LogP contribution in [-0.2, 0) is 15.5 Å². The zero-order chi connectivity index (χ0) is 8.10. The highest BCUT2D eigenvalue weighted by Gasteiger charge is 2.19. The molecule has 0 aliphatic heterocycles. The van der Waals surface area contributed by atoms with Crippen molar-refractivity contribution in [3.63, 3.8) is 0 Å².